The Morgan fingerprint density at radius 2 is 1.95 bits per heavy atom. The number of ether oxygens (including phenoxy) is 1. The number of nitrogens with zero attached hydrogens (tertiary/aromatic N) is 1. The van der Waals surface area contributed by atoms with Crippen LogP contribution in [0.1, 0.15) is 38.5 Å². The van der Waals surface area contributed by atoms with Crippen LogP contribution in [0.2, 0.25) is 0 Å². The molecular formula is C15H26N2O2. The van der Waals surface area contributed by atoms with Crippen molar-refractivity contribution in [1.29, 1.82) is 0 Å². The molecule has 4 heteroatoms. The van der Waals surface area contributed by atoms with Crippen LogP contribution >= 0.6 is 0 Å². The molecule has 0 unspecified atom stereocenters. The van der Waals surface area contributed by atoms with E-state index in [0.717, 1.165) is 32.6 Å². The summed E-state index contributed by atoms with van der Waals surface area (Å²) in [5, 5.41) is 3.16. The molecule has 3 rings (SSSR count). The first-order chi connectivity index (χ1) is 9.33. The van der Waals surface area contributed by atoms with Crippen LogP contribution in [0, 0.1) is 11.8 Å². The Kier molecular flexibility index (Phi) is 4.38. The first kappa shape index (κ1) is 13.4. The van der Waals surface area contributed by atoms with Gasteiger partial charge in [-0.1, -0.05) is 6.42 Å². The minimum absolute atomic E-state index is 0.304. The molecule has 0 aromatic rings. The van der Waals surface area contributed by atoms with Gasteiger partial charge in [0.05, 0.1) is 6.61 Å². The molecule has 0 radical (unpaired) electrons. The van der Waals surface area contributed by atoms with E-state index >= 15 is 0 Å². The van der Waals surface area contributed by atoms with Gasteiger partial charge >= 0.3 is 0 Å². The van der Waals surface area contributed by atoms with Crippen molar-refractivity contribution in [2.24, 2.45) is 11.8 Å². The van der Waals surface area contributed by atoms with Crippen LogP contribution in [-0.2, 0) is 9.53 Å². The van der Waals surface area contributed by atoms with E-state index in [1.54, 1.807) is 0 Å². The van der Waals surface area contributed by atoms with Crippen molar-refractivity contribution >= 4 is 5.91 Å². The average molecular weight is 266 g/mol. The van der Waals surface area contributed by atoms with Crippen LogP contribution in [-0.4, -0.2) is 49.7 Å². The summed E-state index contributed by atoms with van der Waals surface area (Å²) in [4.78, 5) is 14.4. The maximum atomic E-state index is 11.8. The highest BCUT2D eigenvalue weighted by Gasteiger charge is 2.29. The molecule has 19 heavy (non-hydrogen) atoms. The number of piperidine rings is 1. The smallest absolute Gasteiger partial charge is 0.223 e. The largest absolute Gasteiger partial charge is 0.380 e. The summed E-state index contributed by atoms with van der Waals surface area (Å²) in [7, 11) is 0. The number of carbonyl (C=O) groups excluding carboxylic acids is 1. The lowest BCUT2D eigenvalue weighted by Gasteiger charge is -2.35. The van der Waals surface area contributed by atoms with Crippen molar-refractivity contribution in [3.63, 3.8) is 0 Å². The predicted octanol–water partition coefficient (Wildman–Crippen LogP) is 1.40. The molecule has 1 aliphatic carbocycles. The summed E-state index contributed by atoms with van der Waals surface area (Å²) < 4.78 is 5.46. The zero-order chi connectivity index (χ0) is 13.1. The van der Waals surface area contributed by atoms with Crippen molar-refractivity contribution in [2.75, 3.05) is 32.8 Å². The van der Waals surface area contributed by atoms with Crippen LogP contribution in [0.15, 0.2) is 0 Å². The van der Waals surface area contributed by atoms with E-state index in [-0.39, 0.29) is 0 Å². The van der Waals surface area contributed by atoms with E-state index in [9.17, 15) is 4.79 Å². The highest BCUT2D eigenvalue weighted by molar-refractivity contribution is 5.79. The fourth-order valence-electron chi connectivity index (χ4n) is 3.39. The van der Waals surface area contributed by atoms with Gasteiger partial charge in [0, 0.05) is 25.1 Å². The first-order valence-electron chi connectivity index (χ1n) is 7.92. The average Bonchev–Trinajstić information content (AvgIpc) is 2.89. The summed E-state index contributed by atoms with van der Waals surface area (Å²) in [6.07, 6.45) is 7.09. The lowest BCUT2D eigenvalue weighted by molar-refractivity contribution is -0.127. The van der Waals surface area contributed by atoms with E-state index in [1.165, 1.54) is 38.8 Å². The molecule has 4 nitrogen and oxygen atoms in total. The van der Waals surface area contributed by atoms with Gasteiger partial charge in [-0.05, 0) is 51.1 Å². The molecule has 1 saturated carbocycles. The predicted molar refractivity (Wildman–Crippen MR) is 73.9 cm³/mol. The SMILES string of the molecule is O=C(NCC1CCN([C@H]2CCOC2)CC1)C1CCC1. The molecule has 0 aromatic heterocycles. The van der Waals surface area contributed by atoms with Crippen molar-refractivity contribution in [1.82, 2.24) is 10.2 Å². The molecule has 108 valence electrons. The lowest BCUT2D eigenvalue weighted by atomic mass is 9.84. The standard InChI is InChI=1S/C15H26N2O2/c18-15(13-2-1-3-13)16-10-12-4-7-17(8-5-12)14-6-9-19-11-14/h12-14H,1-11H2,(H,16,18)/t14-/m0/s1. The molecular weight excluding hydrogens is 240 g/mol. The number of amides is 1. The topological polar surface area (TPSA) is 41.6 Å². The molecule has 1 atom stereocenters. The minimum atomic E-state index is 0.304. The van der Waals surface area contributed by atoms with Gasteiger partial charge in [-0.3, -0.25) is 9.69 Å². The van der Waals surface area contributed by atoms with Gasteiger partial charge in [0.15, 0.2) is 0 Å². The number of carbonyl (C=O) groups is 1. The summed E-state index contributed by atoms with van der Waals surface area (Å²) in [6, 6.07) is 0.658. The highest BCUT2D eigenvalue weighted by Crippen LogP contribution is 2.26. The second-order valence-corrected chi connectivity index (χ2v) is 6.37. The number of likely N-dealkylation sites (tertiary alicyclic amines) is 1. The van der Waals surface area contributed by atoms with E-state index in [1.807, 2.05) is 0 Å². The van der Waals surface area contributed by atoms with Crippen LogP contribution < -0.4 is 5.32 Å². The van der Waals surface area contributed by atoms with Crippen molar-refractivity contribution in [2.45, 2.75) is 44.6 Å². The van der Waals surface area contributed by atoms with Gasteiger partial charge in [-0.2, -0.15) is 0 Å². The molecule has 3 fully saturated rings. The Morgan fingerprint density at radius 3 is 2.53 bits per heavy atom. The second kappa shape index (κ2) is 6.23. The fourth-order valence-corrected chi connectivity index (χ4v) is 3.39. The third-order valence-corrected chi connectivity index (χ3v) is 5.11. The van der Waals surface area contributed by atoms with Crippen LogP contribution in [0.3, 0.4) is 0 Å². The maximum Gasteiger partial charge on any atom is 0.223 e. The number of hydrogen-bond donors (Lipinski definition) is 1. The quantitative estimate of drug-likeness (QED) is 0.836. The minimum Gasteiger partial charge on any atom is -0.380 e. The summed E-state index contributed by atoms with van der Waals surface area (Å²) in [5.41, 5.74) is 0. The molecule has 0 aromatic carbocycles. The van der Waals surface area contributed by atoms with E-state index in [2.05, 4.69) is 10.2 Å². The monoisotopic (exact) mass is 266 g/mol. The molecule has 2 heterocycles. The Morgan fingerprint density at radius 1 is 1.16 bits per heavy atom. The summed E-state index contributed by atoms with van der Waals surface area (Å²) in [5.74, 6) is 1.32. The second-order valence-electron chi connectivity index (χ2n) is 6.37. The zero-order valence-corrected chi connectivity index (χ0v) is 11.8. The van der Waals surface area contributed by atoms with Crippen molar-refractivity contribution < 1.29 is 9.53 Å². The van der Waals surface area contributed by atoms with E-state index in [4.69, 9.17) is 4.74 Å². The van der Waals surface area contributed by atoms with Crippen molar-refractivity contribution in [3.05, 3.63) is 0 Å². The van der Waals surface area contributed by atoms with Gasteiger partial charge in [0.1, 0.15) is 0 Å². The molecule has 3 aliphatic rings. The van der Waals surface area contributed by atoms with Crippen LogP contribution in [0.4, 0.5) is 0 Å². The molecule has 1 N–H and O–H groups in total. The van der Waals surface area contributed by atoms with Gasteiger partial charge in [0.25, 0.3) is 0 Å². The Labute approximate surface area is 115 Å². The first-order valence-corrected chi connectivity index (χ1v) is 7.92. The van der Waals surface area contributed by atoms with E-state index in [0.29, 0.717) is 23.8 Å². The maximum absolute atomic E-state index is 11.8. The van der Waals surface area contributed by atoms with Crippen molar-refractivity contribution in [3.8, 4) is 0 Å². The highest BCUT2D eigenvalue weighted by atomic mass is 16.5. The molecule has 0 spiro atoms. The third kappa shape index (κ3) is 3.29. The Hall–Kier alpha value is -0.610. The van der Waals surface area contributed by atoms with Gasteiger partial charge < -0.3 is 10.1 Å². The van der Waals surface area contributed by atoms with Gasteiger partial charge in [-0.25, -0.2) is 0 Å². The molecule has 0 bridgehead atoms. The fraction of sp³-hybridized carbons (Fsp3) is 0.933. The van der Waals surface area contributed by atoms with E-state index < -0.39 is 0 Å². The zero-order valence-electron chi connectivity index (χ0n) is 11.8. The normalized spacial score (nSPS) is 30.2. The summed E-state index contributed by atoms with van der Waals surface area (Å²) in [6.45, 7) is 5.10. The number of hydrogen-bond acceptors (Lipinski definition) is 3. The Bertz CT molecular complexity index is 303. The van der Waals surface area contributed by atoms with Crippen LogP contribution in [0.25, 0.3) is 0 Å². The molecule has 2 saturated heterocycles. The molecule has 1 amide bonds. The van der Waals surface area contributed by atoms with Gasteiger partial charge in [0.2, 0.25) is 5.91 Å². The lowest BCUT2D eigenvalue weighted by Crippen LogP contribution is -2.44. The number of nitrogens with one attached hydrogen (secondary N) is 1. The number of rotatable bonds is 4. The van der Waals surface area contributed by atoms with Crippen LogP contribution in [0.5, 0.6) is 0 Å². The summed E-state index contributed by atoms with van der Waals surface area (Å²) >= 11 is 0. The van der Waals surface area contributed by atoms with Gasteiger partial charge in [-0.15, -0.1) is 0 Å². The third-order valence-electron chi connectivity index (χ3n) is 5.11. The molecule has 2 aliphatic heterocycles. The Balaban J connectivity index is 1.34.